The molecule has 0 N–H and O–H groups in total. The van der Waals surface area contributed by atoms with Crippen molar-refractivity contribution in [3.8, 4) is 11.5 Å². The maximum Gasteiger partial charge on any atom is 0.180 e. The maximum absolute atomic E-state index is 4.91. The molecule has 0 spiro atoms. The Morgan fingerprint density at radius 2 is 1.44 bits per heavy atom. The van der Waals surface area contributed by atoms with E-state index in [0.29, 0.717) is 5.82 Å². The number of rotatable bonds is 2. The SMILES string of the molecule is c1ccc2nc(-c3nc(N4CCCC4)c4ccccc4n3)ccc2c1. The molecule has 0 saturated carbocycles. The lowest BCUT2D eigenvalue weighted by Gasteiger charge is -2.19. The van der Waals surface area contributed by atoms with Crippen LogP contribution < -0.4 is 4.90 Å². The summed E-state index contributed by atoms with van der Waals surface area (Å²) >= 11 is 0. The van der Waals surface area contributed by atoms with Crippen molar-refractivity contribution in [2.45, 2.75) is 12.8 Å². The predicted molar refractivity (Wildman–Crippen MR) is 102 cm³/mol. The van der Waals surface area contributed by atoms with Crippen LogP contribution >= 0.6 is 0 Å². The van der Waals surface area contributed by atoms with Crippen molar-refractivity contribution in [1.29, 1.82) is 0 Å². The van der Waals surface area contributed by atoms with Gasteiger partial charge in [0.15, 0.2) is 5.82 Å². The first-order valence-electron chi connectivity index (χ1n) is 8.76. The fraction of sp³-hybridized carbons (Fsp3) is 0.190. The molecule has 5 rings (SSSR count). The smallest absolute Gasteiger partial charge is 0.180 e. The summed E-state index contributed by atoms with van der Waals surface area (Å²) in [6.07, 6.45) is 2.45. The molecule has 3 heterocycles. The molecular weight excluding hydrogens is 308 g/mol. The first-order chi connectivity index (χ1) is 12.4. The van der Waals surface area contributed by atoms with Crippen molar-refractivity contribution in [1.82, 2.24) is 15.0 Å². The molecule has 25 heavy (non-hydrogen) atoms. The predicted octanol–water partition coefficient (Wildman–Crippen LogP) is 4.45. The number of aromatic nitrogens is 3. The molecule has 0 amide bonds. The first-order valence-corrected chi connectivity index (χ1v) is 8.76. The van der Waals surface area contributed by atoms with Gasteiger partial charge in [-0.3, -0.25) is 0 Å². The highest BCUT2D eigenvalue weighted by atomic mass is 15.2. The Morgan fingerprint density at radius 1 is 0.680 bits per heavy atom. The summed E-state index contributed by atoms with van der Waals surface area (Å²) in [5.74, 6) is 1.74. The summed E-state index contributed by atoms with van der Waals surface area (Å²) in [7, 11) is 0. The number of pyridine rings is 1. The molecule has 2 aromatic heterocycles. The minimum absolute atomic E-state index is 0.700. The van der Waals surface area contributed by atoms with Crippen molar-refractivity contribution in [3.05, 3.63) is 60.7 Å². The van der Waals surface area contributed by atoms with Gasteiger partial charge in [-0.15, -0.1) is 0 Å². The quantitative estimate of drug-likeness (QED) is 0.546. The Bertz CT molecular complexity index is 1070. The van der Waals surface area contributed by atoms with Gasteiger partial charge in [-0.1, -0.05) is 36.4 Å². The zero-order valence-electron chi connectivity index (χ0n) is 13.9. The van der Waals surface area contributed by atoms with Crippen LogP contribution in [0.15, 0.2) is 60.7 Å². The molecule has 122 valence electrons. The monoisotopic (exact) mass is 326 g/mol. The van der Waals surface area contributed by atoms with Gasteiger partial charge < -0.3 is 4.90 Å². The van der Waals surface area contributed by atoms with Gasteiger partial charge in [-0.05, 0) is 37.1 Å². The van der Waals surface area contributed by atoms with Gasteiger partial charge in [0.1, 0.15) is 11.5 Å². The zero-order chi connectivity index (χ0) is 16.6. The van der Waals surface area contributed by atoms with E-state index >= 15 is 0 Å². The van der Waals surface area contributed by atoms with Gasteiger partial charge in [0.05, 0.1) is 11.0 Å². The molecular formula is C21H18N4. The van der Waals surface area contributed by atoms with Crippen LogP contribution in [0.2, 0.25) is 0 Å². The summed E-state index contributed by atoms with van der Waals surface area (Å²) in [5, 5.41) is 2.25. The van der Waals surface area contributed by atoms with Gasteiger partial charge in [0.25, 0.3) is 0 Å². The van der Waals surface area contributed by atoms with E-state index in [-0.39, 0.29) is 0 Å². The lowest BCUT2D eigenvalue weighted by molar-refractivity contribution is 0.940. The van der Waals surface area contributed by atoms with Gasteiger partial charge in [0.2, 0.25) is 0 Å². The van der Waals surface area contributed by atoms with Crippen molar-refractivity contribution in [3.63, 3.8) is 0 Å². The van der Waals surface area contributed by atoms with Gasteiger partial charge >= 0.3 is 0 Å². The van der Waals surface area contributed by atoms with Crippen molar-refractivity contribution < 1.29 is 0 Å². The summed E-state index contributed by atoms with van der Waals surface area (Å²) in [5.41, 5.74) is 2.77. The topological polar surface area (TPSA) is 41.9 Å². The minimum Gasteiger partial charge on any atom is -0.356 e. The Morgan fingerprint density at radius 3 is 2.32 bits per heavy atom. The van der Waals surface area contributed by atoms with Crippen LogP contribution in [-0.2, 0) is 0 Å². The lowest BCUT2D eigenvalue weighted by atomic mass is 10.2. The van der Waals surface area contributed by atoms with E-state index in [9.17, 15) is 0 Å². The van der Waals surface area contributed by atoms with Crippen LogP contribution in [0.4, 0.5) is 5.82 Å². The fourth-order valence-electron chi connectivity index (χ4n) is 3.53. The van der Waals surface area contributed by atoms with Gasteiger partial charge in [-0.2, -0.15) is 0 Å². The minimum atomic E-state index is 0.700. The summed E-state index contributed by atoms with van der Waals surface area (Å²) in [6.45, 7) is 2.12. The number of para-hydroxylation sites is 2. The highest BCUT2D eigenvalue weighted by Crippen LogP contribution is 2.29. The van der Waals surface area contributed by atoms with Crippen LogP contribution in [-0.4, -0.2) is 28.0 Å². The molecule has 0 aliphatic carbocycles. The molecule has 0 atom stereocenters. The third-order valence-electron chi connectivity index (χ3n) is 4.82. The molecule has 1 fully saturated rings. The maximum atomic E-state index is 4.91. The van der Waals surface area contributed by atoms with E-state index < -0.39 is 0 Å². The van der Waals surface area contributed by atoms with Gasteiger partial charge in [-0.25, -0.2) is 15.0 Å². The highest BCUT2D eigenvalue weighted by Gasteiger charge is 2.18. The molecule has 0 bridgehead atoms. The van der Waals surface area contributed by atoms with Gasteiger partial charge in [0, 0.05) is 23.9 Å². The highest BCUT2D eigenvalue weighted by molar-refractivity contribution is 5.91. The number of benzene rings is 2. The van der Waals surface area contributed by atoms with E-state index in [1.165, 1.54) is 12.8 Å². The number of anilines is 1. The van der Waals surface area contributed by atoms with E-state index in [0.717, 1.165) is 46.4 Å². The fourth-order valence-corrected chi connectivity index (χ4v) is 3.53. The lowest BCUT2D eigenvalue weighted by Crippen LogP contribution is -2.20. The van der Waals surface area contributed by atoms with Crippen LogP contribution in [0.25, 0.3) is 33.3 Å². The Kier molecular flexibility index (Phi) is 3.33. The summed E-state index contributed by atoms with van der Waals surface area (Å²) < 4.78 is 0. The first kappa shape index (κ1) is 14.3. The molecule has 1 aliphatic heterocycles. The second-order valence-electron chi connectivity index (χ2n) is 6.47. The largest absolute Gasteiger partial charge is 0.356 e. The second-order valence-corrected chi connectivity index (χ2v) is 6.47. The second kappa shape index (κ2) is 5.81. The zero-order valence-corrected chi connectivity index (χ0v) is 13.9. The Labute approximate surface area is 146 Å². The number of hydrogen-bond acceptors (Lipinski definition) is 4. The van der Waals surface area contributed by atoms with Crippen LogP contribution in [0.3, 0.4) is 0 Å². The number of nitrogens with zero attached hydrogens (tertiary/aromatic N) is 4. The normalized spacial score (nSPS) is 14.5. The Balaban J connectivity index is 1.72. The molecule has 0 radical (unpaired) electrons. The van der Waals surface area contributed by atoms with Crippen LogP contribution in [0.5, 0.6) is 0 Å². The van der Waals surface area contributed by atoms with Crippen LogP contribution in [0.1, 0.15) is 12.8 Å². The van der Waals surface area contributed by atoms with E-state index in [1.54, 1.807) is 0 Å². The van der Waals surface area contributed by atoms with Crippen molar-refractivity contribution in [2.24, 2.45) is 0 Å². The molecule has 4 aromatic rings. The average molecular weight is 326 g/mol. The Hall–Kier alpha value is -3.01. The molecule has 0 unspecified atom stereocenters. The molecule has 4 nitrogen and oxygen atoms in total. The molecule has 1 saturated heterocycles. The van der Waals surface area contributed by atoms with Crippen LogP contribution in [0, 0.1) is 0 Å². The number of hydrogen-bond donors (Lipinski definition) is 0. The average Bonchev–Trinajstić information content (AvgIpc) is 3.21. The number of fused-ring (bicyclic) bond motifs is 2. The van der Waals surface area contributed by atoms with E-state index in [4.69, 9.17) is 15.0 Å². The van der Waals surface area contributed by atoms with E-state index in [2.05, 4.69) is 35.2 Å². The standard InChI is InChI=1S/C21H18N4/c1-3-9-17-15(7-1)11-12-19(22-17)20-23-18-10-4-2-8-16(18)21(24-20)25-13-5-6-14-25/h1-4,7-12H,5-6,13-14H2. The third-order valence-corrected chi connectivity index (χ3v) is 4.82. The van der Waals surface area contributed by atoms with Crippen molar-refractivity contribution >= 4 is 27.6 Å². The van der Waals surface area contributed by atoms with Crippen molar-refractivity contribution in [2.75, 3.05) is 18.0 Å². The van der Waals surface area contributed by atoms with E-state index in [1.807, 2.05) is 30.3 Å². The summed E-state index contributed by atoms with van der Waals surface area (Å²) in [4.78, 5) is 16.8. The molecule has 2 aromatic carbocycles. The summed E-state index contributed by atoms with van der Waals surface area (Å²) in [6, 6.07) is 20.5. The molecule has 1 aliphatic rings. The molecule has 4 heteroatoms. The third kappa shape index (κ3) is 2.50.